The molecule has 1 aliphatic heterocycles. The lowest BCUT2D eigenvalue weighted by Crippen LogP contribution is -2.29. The zero-order valence-electron chi connectivity index (χ0n) is 17.6. The minimum atomic E-state index is -0.830. The number of anilines is 1. The van der Waals surface area contributed by atoms with E-state index in [4.69, 9.17) is 21.1 Å². The lowest BCUT2D eigenvalue weighted by molar-refractivity contribution is -0.132. The molecule has 1 aliphatic rings. The van der Waals surface area contributed by atoms with Crippen LogP contribution in [0.25, 0.3) is 5.76 Å². The summed E-state index contributed by atoms with van der Waals surface area (Å²) in [5.74, 6) is -1.27. The van der Waals surface area contributed by atoms with E-state index < -0.39 is 17.7 Å². The Morgan fingerprint density at radius 1 is 1.06 bits per heavy atom. The standard InChI is InChI=1S/C24H20ClNO5S/c1-13-10-11-32-23(13)20-19(21(27)18-16(30-2)8-5-9-17(18)31-3)22(28)24(29)26(20)15-7-4-6-14(25)12-15/h4-12,20,27H,1-3H3/b21-19+. The fourth-order valence-corrected chi connectivity index (χ4v) is 5.07. The molecule has 3 aromatic rings. The van der Waals surface area contributed by atoms with Gasteiger partial charge in [-0.3, -0.25) is 14.5 Å². The third-order valence-corrected chi connectivity index (χ3v) is 6.65. The molecule has 1 aromatic heterocycles. The van der Waals surface area contributed by atoms with Crippen LogP contribution in [0.4, 0.5) is 5.69 Å². The van der Waals surface area contributed by atoms with Gasteiger partial charge in [0.25, 0.3) is 11.7 Å². The molecule has 32 heavy (non-hydrogen) atoms. The third kappa shape index (κ3) is 3.53. The zero-order valence-corrected chi connectivity index (χ0v) is 19.2. The van der Waals surface area contributed by atoms with Crippen molar-refractivity contribution in [2.45, 2.75) is 13.0 Å². The Kier molecular flexibility index (Phi) is 5.95. The number of aryl methyl sites for hydroxylation is 1. The molecule has 164 valence electrons. The number of carbonyl (C=O) groups excluding carboxylic acids is 2. The molecule has 1 amide bonds. The van der Waals surface area contributed by atoms with E-state index in [9.17, 15) is 14.7 Å². The van der Waals surface area contributed by atoms with E-state index in [1.54, 1.807) is 42.5 Å². The number of carbonyl (C=O) groups is 2. The van der Waals surface area contributed by atoms with E-state index in [0.29, 0.717) is 22.2 Å². The van der Waals surface area contributed by atoms with Gasteiger partial charge in [-0.15, -0.1) is 11.3 Å². The summed E-state index contributed by atoms with van der Waals surface area (Å²) in [4.78, 5) is 28.6. The van der Waals surface area contributed by atoms with Gasteiger partial charge in [-0.25, -0.2) is 0 Å². The van der Waals surface area contributed by atoms with Crippen LogP contribution in [0.2, 0.25) is 5.02 Å². The number of benzene rings is 2. The molecular weight excluding hydrogens is 450 g/mol. The highest BCUT2D eigenvalue weighted by atomic mass is 35.5. The normalized spacial score (nSPS) is 17.6. The van der Waals surface area contributed by atoms with Gasteiger partial charge in [-0.2, -0.15) is 0 Å². The van der Waals surface area contributed by atoms with Crippen molar-refractivity contribution < 1.29 is 24.2 Å². The van der Waals surface area contributed by atoms with Gasteiger partial charge in [0.15, 0.2) is 0 Å². The van der Waals surface area contributed by atoms with Crippen LogP contribution in [0.3, 0.4) is 0 Å². The fourth-order valence-electron chi connectivity index (χ4n) is 3.86. The Hall–Kier alpha value is -3.29. The molecule has 1 N–H and O–H groups in total. The fraction of sp³-hybridized carbons (Fsp3) is 0.167. The van der Waals surface area contributed by atoms with Gasteiger partial charge in [0.05, 0.1) is 19.8 Å². The second-order valence-electron chi connectivity index (χ2n) is 7.15. The molecule has 0 radical (unpaired) electrons. The third-order valence-electron chi connectivity index (χ3n) is 5.35. The van der Waals surface area contributed by atoms with E-state index in [2.05, 4.69) is 0 Å². The first-order valence-electron chi connectivity index (χ1n) is 9.71. The number of thiophene rings is 1. The van der Waals surface area contributed by atoms with E-state index in [1.807, 2.05) is 18.4 Å². The average molecular weight is 470 g/mol. The average Bonchev–Trinajstić information content (AvgIpc) is 3.32. The summed E-state index contributed by atoms with van der Waals surface area (Å²) in [5, 5.41) is 13.7. The Bertz CT molecular complexity index is 1230. The first kappa shape index (κ1) is 21.9. The number of rotatable bonds is 5. The van der Waals surface area contributed by atoms with Crippen LogP contribution in [0, 0.1) is 6.92 Å². The number of hydrogen-bond donors (Lipinski definition) is 1. The van der Waals surface area contributed by atoms with E-state index in [-0.39, 0.29) is 16.9 Å². The summed E-state index contributed by atoms with van der Waals surface area (Å²) in [7, 11) is 2.91. The number of methoxy groups -OCH3 is 2. The first-order valence-corrected chi connectivity index (χ1v) is 11.0. The lowest BCUT2D eigenvalue weighted by Gasteiger charge is -2.25. The van der Waals surface area contributed by atoms with Crippen molar-refractivity contribution in [3.8, 4) is 11.5 Å². The molecule has 1 unspecified atom stereocenters. The predicted octanol–water partition coefficient (Wildman–Crippen LogP) is 5.35. The van der Waals surface area contributed by atoms with Gasteiger partial charge >= 0.3 is 0 Å². The van der Waals surface area contributed by atoms with Gasteiger partial charge < -0.3 is 14.6 Å². The molecular formula is C24H20ClNO5S. The molecule has 1 atom stereocenters. The van der Waals surface area contributed by atoms with Crippen LogP contribution >= 0.6 is 22.9 Å². The topological polar surface area (TPSA) is 76.1 Å². The Morgan fingerprint density at radius 3 is 2.28 bits per heavy atom. The summed E-state index contributed by atoms with van der Waals surface area (Å²) in [6.07, 6.45) is 0. The largest absolute Gasteiger partial charge is 0.506 e. The van der Waals surface area contributed by atoms with E-state index in [1.165, 1.54) is 30.5 Å². The van der Waals surface area contributed by atoms with Crippen LogP contribution in [-0.2, 0) is 9.59 Å². The Morgan fingerprint density at radius 2 is 1.72 bits per heavy atom. The van der Waals surface area contributed by atoms with Gasteiger partial charge in [-0.05, 0) is 54.3 Å². The molecule has 2 heterocycles. The number of ether oxygens (including phenoxy) is 2. The number of ketones is 1. The summed E-state index contributed by atoms with van der Waals surface area (Å²) < 4.78 is 10.8. The zero-order chi connectivity index (χ0) is 23.0. The second-order valence-corrected chi connectivity index (χ2v) is 8.54. The van der Waals surface area contributed by atoms with Crippen molar-refractivity contribution in [3.63, 3.8) is 0 Å². The molecule has 0 saturated carbocycles. The monoisotopic (exact) mass is 469 g/mol. The number of halogens is 1. The van der Waals surface area contributed by atoms with Crippen molar-refractivity contribution >= 4 is 46.1 Å². The van der Waals surface area contributed by atoms with E-state index in [0.717, 1.165) is 10.4 Å². The van der Waals surface area contributed by atoms with Crippen molar-refractivity contribution in [3.05, 3.63) is 80.5 Å². The van der Waals surface area contributed by atoms with Gasteiger partial charge in [0.1, 0.15) is 28.9 Å². The minimum Gasteiger partial charge on any atom is -0.506 e. The number of Topliss-reactive ketones (excluding diaryl/α,β-unsaturated/α-hetero) is 1. The quantitative estimate of drug-likeness (QED) is 0.309. The van der Waals surface area contributed by atoms with Gasteiger partial charge in [0, 0.05) is 15.6 Å². The Balaban J connectivity index is 2.02. The lowest BCUT2D eigenvalue weighted by atomic mass is 9.97. The predicted molar refractivity (Wildman–Crippen MR) is 125 cm³/mol. The maximum atomic E-state index is 13.3. The smallest absolute Gasteiger partial charge is 0.300 e. The molecule has 4 rings (SSSR count). The van der Waals surface area contributed by atoms with Crippen molar-refractivity contribution in [1.82, 2.24) is 0 Å². The van der Waals surface area contributed by atoms with Crippen molar-refractivity contribution in [2.24, 2.45) is 0 Å². The molecule has 0 bridgehead atoms. The number of aliphatic hydroxyl groups excluding tert-OH is 1. The highest BCUT2D eigenvalue weighted by Gasteiger charge is 2.48. The molecule has 0 spiro atoms. The van der Waals surface area contributed by atoms with Crippen LogP contribution in [-0.4, -0.2) is 31.0 Å². The molecule has 1 saturated heterocycles. The first-order chi connectivity index (χ1) is 15.4. The second kappa shape index (κ2) is 8.68. The van der Waals surface area contributed by atoms with Crippen LogP contribution < -0.4 is 14.4 Å². The molecule has 0 aliphatic carbocycles. The van der Waals surface area contributed by atoms with Crippen molar-refractivity contribution in [2.75, 3.05) is 19.1 Å². The van der Waals surface area contributed by atoms with Crippen LogP contribution in [0.5, 0.6) is 11.5 Å². The summed E-state index contributed by atoms with van der Waals surface area (Å²) in [5.41, 5.74) is 1.53. The highest BCUT2D eigenvalue weighted by molar-refractivity contribution is 7.10. The molecule has 6 nitrogen and oxygen atoms in total. The molecule has 1 fully saturated rings. The van der Waals surface area contributed by atoms with E-state index >= 15 is 0 Å². The molecule has 2 aromatic carbocycles. The number of aliphatic hydroxyl groups is 1. The SMILES string of the molecule is COc1cccc(OC)c1/C(O)=C1\C(=O)C(=O)N(c2cccc(Cl)c2)C1c1sccc1C. The minimum absolute atomic E-state index is 0.0386. The van der Waals surface area contributed by atoms with Gasteiger partial charge in [-0.1, -0.05) is 23.7 Å². The number of amides is 1. The maximum absolute atomic E-state index is 13.3. The van der Waals surface area contributed by atoms with Crippen molar-refractivity contribution in [1.29, 1.82) is 0 Å². The maximum Gasteiger partial charge on any atom is 0.300 e. The molecule has 8 heteroatoms. The van der Waals surface area contributed by atoms with Crippen LogP contribution in [0.15, 0.2) is 59.5 Å². The summed E-state index contributed by atoms with van der Waals surface area (Å²) in [6.45, 7) is 1.90. The Labute approximate surface area is 194 Å². The summed E-state index contributed by atoms with van der Waals surface area (Å²) >= 11 is 7.57. The van der Waals surface area contributed by atoms with Gasteiger partial charge in [0.2, 0.25) is 0 Å². The number of hydrogen-bond acceptors (Lipinski definition) is 6. The highest BCUT2D eigenvalue weighted by Crippen LogP contribution is 2.47. The summed E-state index contributed by atoms with van der Waals surface area (Å²) in [6, 6.07) is 12.8. The number of nitrogens with zero attached hydrogens (tertiary/aromatic N) is 1. The van der Waals surface area contributed by atoms with Crippen LogP contribution in [0.1, 0.15) is 22.0 Å².